The lowest BCUT2D eigenvalue weighted by atomic mass is 10.4. The predicted molar refractivity (Wildman–Crippen MR) is 56.6 cm³/mol. The molecule has 0 aliphatic carbocycles. The third kappa shape index (κ3) is 1.69. The summed E-state index contributed by atoms with van der Waals surface area (Å²) in [5.41, 5.74) is 0.953. The van der Waals surface area contributed by atoms with Crippen molar-refractivity contribution in [3.63, 3.8) is 0 Å². The number of hydrogen-bond donors (Lipinski definition) is 0. The van der Waals surface area contributed by atoms with Gasteiger partial charge in [0.1, 0.15) is 12.1 Å². The Morgan fingerprint density at radius 2 is 2.15 bits per heavy atom. The van der Waals surface area contributed by atoms with Gasteiger partial charge in [0.2, 0.25) is 0 Å². The van der Waals surface area contributed by atoms with E-state index in [-0.39, 0.29) is 0 Å². The van der Waals surface area contributed by atoms with Crippen LogP contribution in [0.25, 0.3) is 5.82 Å². The van der Waals surface area contributed by atoms with Gasteiger partial charge in [0.25, 0.3) is 0 Å². The first-order valence-electron chi connectivity index (χ1n) is 3.75. The third-order valence-electron chi connectivity index (χ3n) is 1.63. The van der Waals surface area contributed by atoms with Gasteiger partial charge >= 0.3 is 0 Å². The van der Waals surface area contributed by atoms with E-state index in [1.54, 1.807) is 12.5 Å². The molecule has 5 heteroatoms. The Bertz CT molecular complexity index is 424. The zero-order valence-corrected chi connectivity index (χ0v) is 9.13. The Labute approximate surface area is 89.2 Å². The van der Waals surface area contributed by atoms with Crippen molar-refractivity contribution < 1.29 is 0 Å². The summed E-state index contributed by atoms with van der Waals surface area (Å²) in [6.45, 7) is 1.94. The zero-order chi connectivity index (χ0) is 9.26. The Morgan fingerprint density at radius 1 is 1.31 bits per heavy atom. The van der Waals surface area contributed by atoms with Crippen LogP contribution in [0, 0.1) is 10.8 Å². The van der Waals surface area contributed by atoms with Gasteiger partial charge in [0.15, 0.2) is 3.83 Å². The number of rotatable bonds is 1. The molecule has 0 radical (unpaired) electrons. The lowest BCUT2D eigenvalue weighted by molar-refractivity contribution is 0.929. The van der Waals surface area contributed by atoms with E-state index in [0.717, 1.165) is 15.3 Å². The maximum atomic E-state index is 4.15. The van der Waals surface area contributed by atoms with Gasteiger partial charge in [-0.15, -0.1) is 0 Å². The van der Waals surface area contributed by atoms with E-state index in [9.17, 15) is 0 Å². The zero-order valence-electron chi connectivity index (χ0n) is 6.98. The molecule has 0 bridgehead atoms. The third-order valence-corrected chi connectivity index (χ3v) is 2.43. The van der Waals surface area contributed by atoms with Crippen LogP contribution in [0.4, 0.5) is 0 Å². The van der Waals surface area contributed by atoms with Crippen LogP contribution in [-0.2, 0) is 0 Å². The molecule has 2 aromatic rings. The highest BCUT2D eigenvalue weighted by Crippen LogP contribution is 2.09. The number of nitrogens with zero attached hydrogens (tertiary/aromatic N) is 4. The lowest BCUT2D eigenvalue weighted by Gasteiger charge is -2.01. The van der Waals surface area contributed by atoms with E-state index in [1.165, 1.54) is 0 Å². The molecule has 0 saturated heterocycles. The fourth-order valence-electron chi connectivity index (χ4n) is 1.03. The molecule has 0 spiro atoms. The average Bonchev–Trinajstić information content (AvgIpc) is 2.51. The maximum absolute atomic E-state index is 4.15. The molecule has 13 heavy (non-hydrogen) atoms. The standard InChI is InChI=1S/C8H7IN4/c1-6-4-7(12-5-11-6)13-3-2-10-8(13)9/h2-5H,1H3. The molecule has 0 unspecified atom stereocenters. The fraction of sp³-hybridized carbons (Fsp3) is 0.125. The van der Waals surface area contributed by atoms with Crippen molar-refractivity contribution in [2.24, 2.45) is 0 Å². The Morgan fingerprint density at radius 3 is 2.77 bits per heavy atom. The number of hydrogen-bond acceptors (Lipinski definition) is 3. The molecule has 0 atom stereocenters. The Kier molecular flexibility index (Phi) is 2.26. The number of aryl methyl sites for hydroxylation is 1. The van der Waals surface area contributed by atoms with Crippen LogP contribution in [0.2, 0.25) is 0 Å². The van der Waals surface area contributed by atoms with Gasteiger partial charge in [0, 0.05) is 46.7 Å². The van der Waals surface area contributed by atoms with Gasteiger partial charge in [-0.1, -0.05) is 0 Å². The smallest absolute Gasteiger partial charge is 0.177 e. The Hall–Kier alpha value is -0.980. The van der Waals surface area contributed by atoms with Crippen LogP contribution in [-0.4, -0.2) is 19.5 Å². The second-order valence-electron chi connectivity index (χ2n) is 2.58. The molecule has 0 N–H and O–H groups in total. The average molecular weight is 286 g/mol. The first-order chi connectivity index (χ1) is 6.27. The van der Waals surface area contributed by atoms with Crippen molar-refractivity contribution in [2.75, 3.05) is 0 Å². The van der Waals surface area contributed by atoms with Gasteiger partial charge in [0.05, 0.1) is 0 Å². The van der Waals surface area contributed by atoms with Crippen molar-refractivity contribution in [2.45, 2.75) is 6.92 Å². The minimum absolute atomic E-state index is 0.856. The van der Waals surface area contributed by atoms with Crippen LogP contribution in [0.15, 0.2) is 24.8 Å². The molecule has 2 aromatic heterocycles. The van der Waals surface area contributed by atoms with Crippen molar-refractivity contribution in [3.8, 4) is 5.82 Å². The minimum atomic E-state index is 0.856. The molecular formula is C8H7IN4. The maximum Gasteiger partial charge on any atom is 0.177 e. The molecule has 2 rings (SSSR count). The molecule has 0 aliphatic rings. The molecule has 0 aromatic carbocycles. The first kappa shape index (κ1) is 8.61. The van der Waals surface area contributed by atoms with Gasteiger partial charge < -0.3 is 0 Å². The molecule has 0 aliphatic heterocycles. The van der Waals surface area contributed by atoms with Crippen molar-refractivity contribution in [3.05, 3.63) is 34.3 Å². The molecule has 0 amide bonds. The largest absolute Gasteiger partial charge is 0.279 e. The molecule has 0 fully saturated rings. The lowest BCUT2D eigenvalue weighted by Crippen LogP contribution is -1.99. The molecule has 66 valence electrons. The summed E-state index contributed by atoms with van der Waals surface area (Å²) >= 11 is 2.16. The summed E-state index contributed by atoms with van der Waals surface area (Å²) in [6.07, 6.45) is 5.18. The van der Waals surface area contributed by atoms with Gasteiger partial charge in [-0.05, 0) is 6.92 Å². The van der Waals surface area contributed by atoms with E-state index in [1.807, 2.05) is 23.8 Å². The number of halogens is 1. The van der Waals surface area contributed by atoms with Crippen LogP contribution in [0.5, 0.6) is 0 Å². The van der Waals surface area contributed by atoms with E-state index < -0.39 is 0 Å². The van der Waals surface area contributed by atoms with Crippen molar-refractivity contribution >= 4 is 22.6 Å². The highest BCUT2D eigenvalue weighted by molar-refractivity contribution is 14.1. The van der Waals surface area contributed by atoms with E-state index in [4.69, 9.17) is 0 Å². The Balaban J connectivity index is 2.53. The minimum Gasteiger partial charge on any atom is -0.279 e. The number of imidazole rings is 1. The fourth-order valence-corrected chi connectivity index (χ4v) is 1.60. The van der Waals surface area contributed by atoms with Crippen LogP contribution < -0.4 is 0 Å². The van der Waals surface area contributed by atoms with Gasteiger partial charge in [-0.2, -0.15) is 0 Å². The highest BCUT2D eigenvalue weighted by atomic mass is 127. The quantitative estimate of drug-likeness (QED) is 0.747. The summed E-state index contributed by atoms with van der Waals surface area (Å²) < 4.78 is 2.81. The van der Waals surface area contributed by atoms with E-state index >= 15 is 0 Å². The first-order valence-corrected chi connectivity index (χ1v) is 4.83. The SMILES string of the molecule is Cc1cc(-n2ccnc2I)ncn1. The van der Waals surface area contributed by atoms with Gasteiger partial charge in [-0.3, -0.25) is 4.57 Å². The normalized spacial score (nSPS) is 10.3. The van der Waals surface area contributed by atoms with E-state index in [2.05, 4.69) is 37.5 Å². The topological polar surface area (TPSA) is 43.6 Å². The summed E-state index contributed by atoms with van der Waals surface area (Å²) in [5.74, 6) is 0.856. The monoisotopic (exact) mass is 286 g/mol. The number of aromatic nitrogens is 4. The molecule has 2 heterocycles. The second kappa shape index (κ2) is 3.41. The second-order valence-corrected chi connectivity index (χ2v) is 3.55. The van der Waals surface area contributed by atoms with Crippen molar-refractivity contribution in [1.29, 1.82) is 0 Å². The van der Waals surface area contributed by atoms with Crippen LogP contribution in [0.1, 0.15) is 5.69 Å². The molecular weight excluding hydrogens is 279 g/mol. The summed E-state index contributed by atoms with van der Waals surface area (Å²) in [4.78, 5) is 12.3. The summed E-state index contributed by atoms with van der Waals surface area (Å²) in [7, 11) is 0. The van der Waals surface area contributed by atoms with Gasteiger partial charge in [-0.25, -0.2) is 15.0 Å². The molecule has 4 nitrogen and oxygen atoms in total. The van der Waals surface area contributed by atoms with Crippen LogP contribution in [0.3, 0.4) is 0 Å². The van der Waals surface area contributed by atoms with E-state index in [0.29, 0.717) is 0 Å². The van der Waals surface area contributed by atoms with Crippen molar-refractivity contribution in [1.82, 2.24) is 19.5 Å². The predicted octanol–water partition coefficient (Wildman–Crippen LogP) is 1.58. The summed E-state index contributed by atoms with van der Waals surface area (Å²) in [5, 5.41) is 0. The summed E-state index contributed by atoms with van der Waals surface area (Å²) in [6, 6.07) is 1.92. The molecule has 0 saturated carbocycles. The van der Waals surface area contributed by atoms with Crippen LogP contribution >= 0.6 is 22.6 Å². The highest BCUT2D eigenvalue weighted by Gasteiger charge is 2.02.